The Morgan fingerprint density at radius 2 is 1.17 bits per heavy atom. The van der Waals surface area contributed by atoms with Gasteiger partial charge in [0, 0.05) is 0 Å². The lowest BCUT2D eigenvalue weighted by molar-refractivity contribution is 0.378. The molecule has 0 aromatic carbocycles. The fourth-order valence-electron chi connectivity index (χ4n) is 2.84. The lowest BCUT2D eigenvalue weighted by Gasteiger charge is -2.15. The van der Waals surface area contributed by atoms with Gasteiger partial charge in [-0.15, -0.1) is 0 Å². The molecule has 0 rings (SSSR count). The van der Waals surface area contributed by atoms with Gasteiger partial charge in [-0.05, 0) is 5.92 Å². The summed E-state index contributed by atoms with van der Waals surface area (Å²) in [6, 6.07) is 0. The largest absolute Gasteiger partial charge is 0.0654 e. The van der Waals surface area contributed by atoms with Crippen molar-refractivity contribution in [3.8, 4) is 0 Å². The second-order valence-corrected chi connectivity index (χ2v) is 5.91. The summed E-state index contributed by atoms with van der Waals surface area (Å²) in [6.07, 6.45) is 19.8. The van der Waals surface area contributed by atoms with Crippen molar-refractivity contribution in [3.05, 3.63) is 6.92 Å². The van der Waals surface area contributed by atoms with Gasteiger partial charge in [0.15, 0.2) is 0 Å². The van der Waals surface area contributed by atoms with Crippen LogP contribution >= 0.6 is 0 Å². The second-order valence-electron chi connectivity index (χ2n) is 5.91. The molecule has 0 aliphatic rings. The average molecular weight is 253 g/mol. The van der Waals surface area contributed by atoms with Gasteiger partial charge < -0.3 is 0 Å². The number of hydrogen-bond donors (Lipinski definition) is 0. The van der Waals surface area contributed by atoms with Crippen LogP contribution in [0.1, 0.15) is 104 Å². The van der Waals surface area contributed by atoms with Gasteiger partial charge in [-0.1, -0.05) is 111 Å². The van der Waals surface area contributed by atoms with Crippen LogP contribution in [0.4, 0.5) is 0 Å². The molecule has 0 aromatic heterocycles. The summed E-state index contributed by atoms with van der Waals surface area (Å²) in [6.45, 7) is 8.55. The van der Waals surface area contributed by atoms with Crippen LogP contribution in [0, 0.1) is 12.8 Å². The maximum atomic E-state index is 3.91. The fraction of sp³-hybridized carbons (Fsp3) is 0.944. The highest BCUT2D eigenvalue weighted by atomic mass is 14.1. The molecule has 0 heterocycles. The van der Waals surface area contributed by atoms with Crippen LogP contribution in [0.15, 0.2) is 0 Å². The van der Waals surface area contributed by atoms with Gasteiger partial charge in [0.25, 0.3) is 0 Å². The van der Waals surface area contributed by atoms with E-state index in [0.29, 0.717) is 0 Å². The Labute approximate surface area is 117 Å². The van der Waals surface area contributed by atoms with Gasteiger partial charge in [0.1, 0.15) is 0 Å². The Morgan fingerprint density at radius 3 is 1.67 bits per heavy atom. The van der Waals surface area contributed by atoms with Crippen LogP contribution in [0.3, 0.4) is 0 Å². The zero-order valence-corrected chi connectivity index (χ0v) is 13.2. The summed E-state index contributed by atoms with van der Waals surface area (Å²) in [4.78, 5) is 0. The topological polar surface area (TPSA) is 0 Å². The van der Waals surface area contributed by atoms with Crippen LogP contribution in [0.5, 0.6) is 0 Å². The van der Waals surface area contributed by atoms with Crippen molar-refractivity contribution in [3.63, 3.8) is 0 Å². The molecule has 18 heavy (non-hydrogen) atoms. The average Bonchev–Trinajstić information content (AvgIpc) is 2.38. The minimum atomic E-state index is 1.02. The molecule has 0 saturated carbocycles. The van der Waals surface area contributed by atoms with Crippen molar-refractivity contribution in [2.24, 2.45) is 5.92 Å². The van der Waals surface area contributed by atoms with Crippen LogP contribution in [0.2, 0.25) is 0 Å². The van der Waals surface area contributed by atoms with E-state index in [4.69, 9.17) is 0 Å². The molecule has 0 bridgehead atoms. The Kier molecular flexibility index (Phi) is 15.1. The van der Waals surface area contributed by atoms with Gasteiger partial charge in [-0.2, -0.15) is 0 Å². The quantitative estimate of drug-likeness (QED) is 0.294. The van der Waals surface area contributed by atoms with E-state index in [0.717, 1.165) is 12.3 Å². The van der Waals surface area contributed by atoms with E-state index < -0.39 is 0 Å². The molecule has 1 atom stereocenters. The smallest absolute Gasteiger partial charge is 0.0414 e. The SMILES string of the molecule is [CH2]CCCCCCC(CCC)CCCCCCC. The molecule has 0 nitrogen and oxygen atoms in total. The Bertz CT molecular complexity index is 125. The minimum absolute atomic E-state index is 1.02. The summed E-state index contributed by atoms with van der Waals surface area (Å²) in [5.74, 6) is 1.02. The van der Waals surface area contributed by atoms with Gasteiger partial charge in [-0.25, -0.2) is 0 Å². The van der Waals surface area contributed by atoms with Crippen LogP contribution in [-0.4, -0.2) is 0 Å². The third-order valence-electron chi connectivity index (χ3n) is 4.03. The molecule has 0 aliphatic heterocycles. The van der Waals surface area contributed by atoms with Crippen LogP contribution in [0.25, 0.3) is 0 Å². The van der Waals surface area contributed by atoms with E-state index in [1.54, 1.807) is 0 Å². The number of hydrogen-bond acceptors (Lipinski definition) is 0. The maximum Gasteiger partial charge on any atom is -0.0414 e. The second kappa shape index (κ2) is 15.1. The molecular formula is C18H37. The molecule has 109 valence electrons. The normalized spacial score (nSPS) is 11.3. The van der Waals surface area contributed by atoms with E-state index in [1.807, 2.05) is 0 Å². The summed E-state index contributed by atoms with van der Waals surface area (Å²) in [5.41, 5.74) is 0. The molecule has 1 unspecified atom stereocenters. The lowest BCUT2D eigenvalue weighted by Crippen LogP contribution is -2.00. The van der Waals surface area contributed by atoms with Gasteiger partial charge in [0.05, 0.1) is 0 Å². The van der Waals surface area contributed by atoms with E-state index in [1.165, 1.54) is 83.5 Å². The molecule has 0 fully saturated rings. The monoisotopic (exact) mass is 253 g/mol. The predicted molar refractivity (Wildman–Crippen MR) is 84.8 cm³/mol. The predicted octanol–water partition coefficient (Wildman–Crippen LogP) is 6.94. The first kappa shape index (κ1) is 18.0. The standard InChI is InChI=1S/C18H37/c1-4-7-9-11-13-16-18(15-6-3)17-14-12-10-8-5-2/h18H,1,4-17H2,2-3H3. The van der Waals surface area contributed by atoms with Crippen molar-refractivity contribution in [2.45, 2.75) is 104 Å². The third-order valence-corrected chi connectivity index (χ3v) is 4.03. The zero-order chi connectivity index (χ0) is 13.5. The first-order chi connectivity index (χ1) is 8.85. The fourth-order valence-corrected chi connectivity index (χ4v) is 2.84. The van der Waals surface area contributed by atoms with E-state index in [9.17, 15) is 0 Å². The van der Waals surface area contributed by atoms with Gasteiger partial charge in [-0.3, -0.25) is 0 Å². The van der Waals surface area contributed by atoms with Crippen molar-refractivity contribution in [1.82, 2.24) is 0 Å². The summed E-state index contributed by atoms with van der Waals surface area (Å²) in [5, 5.41) is 0. The first-order valence-corrected chi connectivity index (χ1v) is 8.64. The molecule has 0 saturated heterocycles. The Balaban J connectivity index is 3.45. The van der Waals surface area contributed by atoms with Crippen molar-refractivity contribution in [1.29, 1.82) is 0 Å². The summed E-state index contributed by atoms with van der Waals surface area (Å²) in [7, 11) is 0. The molecule has 0 amide bonds. The molecule has 1 radical (unpaired) electrons. The molecule has 0 aromatic rings. The van der Waals surface area contributed by atoms with Gasteiger partial charge in [0.2, 0.25) is 0 Å². The molecular weight excluding hydrogens is 216 g/mol. The van der Waals surface area contributed by atoms with E-state index >= 15 is 0 Å². The lowest BCUT2D eigenvalue weighted by atomic mass is 9.91. The molecule has 0 spiro atoms. The highest BCUT2D eigenvalue weighted by Crippen LogP contribution is 2.22. The van der Waals surface area contributed by atoms with Crippen molar-refractivity contribution < 1.29 is 0 Å². The zero-order valence-electron chi connectivity index (χ0n) is 13.2. The summed E-state index contributed by atoms with van der Waals surface area (Å²) >= 11 is 0. The minimum Gasteiger partial charge on any atom is -0.0654 e. The van der Waals surface area contributed by atoms with E-state index in [2.05, 4.69) is 20.8 Å². The van der Waals surface area contributed by atoms with Crippen LogP contribution < -0.4 is 0 Å². The van der Waals surface area contributed by atoms with Gasteiger partial charge >= 0.3 is 0 Å². The van der Waals surface area contributed by atoms with Crippen LogP contribution in [-0.2, 0) is 0 Å². The first-order valence-electron chi connectivity index (χ1n) is 8.64. The Morgan fingerprint density at radius 1 is 0.611 bits per heavy atom. The summed E-state index contributed by atoms with van der Waals surface area (Å²) < 4.78 is 0. The Hall–Kier alpha value is 0. The third kappa shape index (κ3) is 12.5. The molecule has 0 N–H and O–H groups in total. The molecule has 0 heteroatoms. The molecule has 0 aliphatic carbocycles. The van der Waals surface area contributed by atoms with E-state index in [-0.39, 0.29) is 0 Å². The van der Waals surface area contributed by atoms with Crippen molar-refractivity contribution >= 4 is 0 Å². The maximum absolute atomic E-state index is 3.91. The highest BCUT2D eigenvalue weighted by molar-refractivity contribution is 4.60. The van der Waals surface area contributed by atoms with Crippen molar-refractivity contribution in [2.75, 3.05) is 0 Å². The number of unbranched alkanes of at least 4 members (excludes halogenated alkanes) is 8. The highest BCUT2D eigenvalue weighted by Gasteiger charge is 2.07. The number of rotatable bonds is 14.